The van der Waals surface area contributed by atoms with Gasteiger partial charge in [-0.2, -0.15) is 0 Å². The monoisotopic (exact) mass is 824 g/mol. The van der Waals surface area contributed by atoms with E-state index in [1.807, 2.05) is 24.3 Å². The summed E-state index contributed by atoms with van der Waals surface area (Å²) >= 11 is 0. The lowest BCUT2D eigenvalue weighted by atomic mass is 9.89. The van der Waals surface area contributed by atoms with E-state index < -0.39 is 41.8 Å². The summed E-state index contributed by atoms with van der Waals surface area (Å²) < 4.78 is 67.6. The average molecular weight is 825 g/mol. The number of halogens is 4. The fourth-order valence-corrected chi connectivity index (χ4v) is 7.65. The molecule has 7 heterocycles. The molecule has 0 saturated carbocycles. The second kappa shape index (κ2) is 20.4. The summed E-state index contributed by atoms with van der Waals surface area (Å²) in [6.45, 7) is 6.19. The van der Waals surface area contributed by atoms with Crippen molar-refractivity contribution < 1.29 is 41.6 Å². The topological polar surface area (TPSA) is 145 Å². The Morgan fingerprint density at radius 3 is 1.80 bits per heavy atom. The molecule has 0 spiro atoms. The highest BCUT2D eigenvalue weighted by Crippen LogP contribution is 2.31. The van der Waals surface area contributed by atoms with Crippen molar-refractivity contribution in [2.75, 3.05) is 64.1 Å². The van der Waals surface area contributed by atoms with E-state index in [-0.39, 0.29) is 37.9 Å². The van der Waals surface area contributed by atoms with Gasteiger partial charge in [-0.05, 0) is 49.7 Å². The number of aromatic nitrogens is 3. The van der Waals surface area contributed by atoms with Crippen LogP contribution in [-0.4, -0.2) is 136 Å². The number of carbonyl (C=O) groups is 2. The van der Waals surface area contributed by atoms with Crippen LogP contribution >= 0.6 is 0 Å². The van der Waals surface area contributed by atoms with Crippen LogP contribution in [0.1, 0.15) is 56.9 Å². The molecule has 4 aliphatic rings. The Balaban J connectivity index is 0.000000219. The number of ether oxygens (including phenoxy) is 2. The summed E-state index contributed by atoms with van der Waals surface area (Å²) in [6.07, 6.45) is 10.9. The van der Waals surface area contributed by atoms with Gasteiger partial charge in [0, 0.05) is 116 Å². The molecule has 3 N–H and O–H groups in total. The number of anilines is 1. The number of amides is 2. The van der Waals surface area contributed by atoms with Crippen molar-refractivity contribution in [1.29, 1.82) is 0 Å². The van der Waals surface area contributed by atoms with Crippen molar-refractivity contribution in [2.24, 2.45) is 0 Å². The quantitative estimate of drug-likeness (QED) is 0.183. The standard InChI is InChI=1S/C25H32BF2N5O3.C16H21F2N3O2/c1-26(35)31-22-17-19(6-11-29-22)3-2-12-32-15-9-25(28,10-16-32)24(34)33-13-7-21(8-14-33)36-23-5-4-20(27)18-30-23;17-12-1-2-14(20-11-12)23-13-3-9-21(10-4-13)15(22)16(18)5-7-19-8-6-16/h2-6,11,17-18,21,35H,7-10,12-16H2,1H3,(H,29,31);1-2,11,13,19H,3-10H2/b3-2+;. The molecule has 0 unspecified atom stereocenters. The number of nitrogens with zero attached hydrogens (tertiary/aromatic N) is 6. The van der Waals surface area contributed by atoms with Gasteiger partial charge in [0.2, 0.25) is 11.8 Å². The maximum Gasteiger partial charge on any atom is 0.408 e. The number of carbonyl (C=O) groups excluding carboxylic acids is 2. The van der Waals surface area contributed by atoms with E-state index in [4.69, 9.17) is 9.47 Å². The van der Waals surface area contributed by atoms with Crippen molar-refractivity contribution in [3.63, 3.8) is 0 Å². The van der Waals surface area contributed by atoms with Crippen LogP contribution in [0.2, 0.25) is 6.82 Å². The Morgan fingerprint density at radius 1 is 0.814 bits per heavy atom. The van der Waals surface area contributed by atoms with Crippen LogP contribution in [-0.2, 0) is 9.59 Å². The minimum Gasteiger partial charge on any atom is -0.474 e. The van der Waals surface area contributed by atoms with E-state index in [1.54, 1.807) is 22.8 Å². The van der Waals surface area contributed by atoms with Crippen LogP contribution in [0.5, 0.6) is 11.8 Å². The van der Waals surface area contributed by atoms with Crippen LogP contribution < -0.4 is 20.0 Å². The number of rotatable bonds is 11. The lowest BCUT2D eigenvalue weighted by Gasteiger charge is -2.40. The van der Waals surface area contributed by atoms with Crippen LogP contribution in [0.3, 0.4) is 0 Å². The third kappa shape index (κ3) is 12.6. The molecule has 2 amide bonds. The summed E-state index contributed by atoms with van der Waals surface area (Å²) in [6, 6.07) is 9.27. The van der Waals surface area contributed by atoms with Gasteiger partial charge in [-0.25, -0.2) is 32.5 Å². The van der Waals surface area contributed by atoms with Gasteiger partial charge in [-0.1, -0.05) is 12.2 Å². The molecule has 0 aliphatic carbocycles. The zero-order valence-electron chi connectivity index (χ0n) is 33.4. The van der Waals surface area contributed by atoms with Gasteiger partial charge < -0.3 is 34.8 Å². The maximum atomic E-state index is 15.6. The normalized spacial score (nSPS) is 20.0. The van der Waals surface area contributed by atoms with Crippen molar-refractivity contribution in [1.82, 2.24) is 35.0 Å². The lowest BCUT2D eigenvalue weighted by Crippen LogP contribution is -2.54. The van der Waals surface area contributed by atoms with Gasteiger partial charge in [0.25, 0.3) is 11.8 Å². The maximum absolute atomic E-state index is 15.6. The third-order valence-electron chi connectivity index (χ3n) is 11.1. The molecular formula is C41H53BF4N8O5. The Labute approximate surface area is 342 Å². The molecule has 4 aliphatic heterocycles. The second-order valence-electron chi connectivity index (χ2n) is 15.5. The van der Waals surface area contributed by atoms with Crippen LogP contribution in [0.25, 0.3) is 6.08 Å². The number of nitrogens with one attached hydrogen (secondary N) is 2. The zero-order chi connectivity index (χ0) is 41.8. The molecular weight excluding hydrogens is 771 g/mol. The number of hydrogen-bond donors (Lipinski definition) is 3. The summed E-state index contributed by atoms with van der Waals surface area (Å²) in [5.74, 6) is -0.335. The summed E-state index contributed by atoms with van der Waals surface area (Å²) in [5.41, 5.74) is -2.61. The van der Waals surface area contributed by atoms with Crippen molar-refractivity contribution in [3.05, 3.63) is 78.3 Å². The summed E-state index contributed by atoms with van der Waals surface area (Å²) in [5, 5.41) is 15.3. The Morgan fingerprint density at radius 2 is 1.32 bits per heavy atom. The van der Waals surface area contributed by atoms with Crippen LogP contribution in [0.4, 0.5) is 23.4 Å². The molecule has 7 rings (SSSR count). The Kier molecular flexibility index (Phi) is 15.2. The highest BCUT2D eigenvalue weighted by molar-refractivity contribution is 6.52. The molecule has 18 heteroatoms. The first-order valence-electron chi connectivity index (χ1n) is 20.4. The third-order valence-corrected chi connectivity index (χ3v) is 11.1. The van der Waals surface area contributed by atoms with Crippen LogP contribution in [0.15, 0.2) is 61.1 Å². The van der Waals surface area contributed by atoms with Gasteiger partial charge in [-0.15, -0.1) is 0 Å². The zero-order valence-corrected chi connectivity index (χ0v) is 33.4. The Bertz CT molecular complexity index is 1830. The lowest BCUT2D eigenvalue weighted by molar-refractivity contribution is -0.149. The molecule has 0 bridgehead atoms. The minimum atomic E-state index is -1.83. The van der Waals surface area contributed by atoms with E-state index in [0.29, 0.717) is 102 Å². The molecule has 59 heavy (non-hydrogen) atoms. The average Bonchev–Trinajstić information content (AvgIpc) is 3.24. The van der Waals surface area contributed by atoms with E-state index in [9.17, 15) is 27.8 Å². The van der Waals surface area contributed by atoms with Gasteiger partial charge in [0.1, 0.15) is 29.7 Å². The first kappa shape index (κ1) is 43.8. The number of alkyl halides is 2. The van der Waals surface area contributed by atoms with E-state index in [1.165, 1.54) is 24.3 Å². The highest BCUT2D eigenvalue weighted by Gasteiger charge is 2.45. The first-order valence-corrected chi connectivity index (χ1v) is 20.4. The molecule has 13 nitrogen and oxygen atoms in total. The Hall–Kier alpha value is -4.81. The summed E-state index contributed by atoms with van der Waals surface area (Å²) in [4.78, 5) is 42.7. The molecule has 4 fully saturated rings. The van der Waals surface area contributed by atoms with Gasteiger partial charge in [0.15, 0.2) is 11.3 Å². The molecule has 3 aromatic rings. The fraction of sp³-hybridized carbons (Fsp3) is 0.537. The second-order valence-corrected chi connectivity index (χ2v) is 15.5. The number of piperidine rings is 4. The van der Waals surface area contributed by atoms with Gasteiger partial charge in [0.05, 0.1) is 12.4 Å². The van der Waals surface area contributed by atoms with E-state index in [2.05, 4.69) is 30.4 Å². The molecule has 0 radical (unpaired) electrons. The number of likely N-dealkylation sites (tertiary alicyclic amines) is 3. The molecule has 4 saturated heterocycles. The van der Waals surface area contributed by atoms with E-state index >= 15 is 4.39 Å². The fourth-order valence-electron chi connectivity index (χ4n) is 7.65. The van der Waals surface area contributed by atoms with Crippen molar-refractivity contribution in [3.8, 4) is 11.8 Å². The number of pyridine rings is 3. The molecule has 3 aromatic heterocycles. The van der Waals surface area contributed by atoms with Crippen molar-refractivity contribution >= 4 is 30.8 Å². The predicted octanol–water partition coefficient (Wildman–Crippen LogP) is 4.71. The smallest absolute Gasteiger partial charge is 0.408 e. The van der Waals surface area contributed by atoms with E-state index in [0.717, 1.165) is 18.0 Å². The minimum absolute atomic E-state index is 0.0828. The molecule has 0 aromatic carbocycles. The van der Waals surface area contributed by atoms with Crippen LogP contribution in [0, 0.1) is 11.6 Å². The van der Waals surface area contributed by atoms with Gasteiger partial charge in [-0.3, -0.25) is 14.5 Å². The molecule has 0 atom stereocenters. The first-order chi connectivity index (χ1) is 28.4. The SMILES string of the molecule is CB(O)Nc1cc(/C=C/CN2CCC(F)(C(=O)N3CCC(Oc4ccc(F)cn4)CC3)CC2)ccn1.O=C(N1CCC(Oc2ccc(F)cn2)CC1)C1(F)CCNCC1. The highest BCUT2D eigenvalue weighted by atomic mass is 19.2. The number of hydrogen-bond acceptors (Lipinski definition) is 11. The predicted molar refractivity (Wildman–Crippen MR) is 215 cm³/mol. The van der Waals surface area contributed by atoms with Crippen molar-refractivity contribution in [2.45, 2.75) is 81.7 Å². The largest absolute Gasteiger partial charge is 0.474 e. The molecule has 318 valence electrons. The van der Waals surface area contributed by atoms with Gasteiger partial charge >= 0.3 is 7.05 Å². The summed E-state index contributed by atoms with van der Waals surface area (Å²) in [7, 11) is -0.688.